The van der Waals surface area contributed by atoms with E-state index in [4.69, 9.17) is 0 Å². The number of hydrogen-bond donors (Lipinski definition) is 2. The second kappa shape index (κ2) is 7.31. The molecule has 0 bridgehead atoms. The van der Waals surface area contributed by atoms with Gasteiger partial charge in [-0.15, -0.1) is 0 Å². The molecule has 0 spiro atoms. The van der Waals surface area contributed by atoms with Crippen molar-refractivity contribution >= 4 is 9.84 Å². The van der Waals surface area contributed by atoms with Crippen molar-refractivity contribution in [1.82, 2.24) is 10.2 Å². The van der Waals surface area contributed by atoms with Crippen LogP contribution < -0.4 is 5.32 Å². The molecule has 102 valence electrons. The molecule has 1 aliphatic heterocycles. The van der Waals surface area contributed by atoms with E-state index in [9.17, 15) is 13.5 Å². The van der Waals surface area contributed by atoms with E-state index >= 15 is 0 Å². The highest BCUT2D eigenvalue weighted by molar-refractivity contribution is 7.91. The standard InChI is InChI=1S/C11H24N2O3S/c1-2-4-12-11(10-14)9-13-5-3-7-17(15,16)8-6-13/h11-12,14H,2-10H2,1H3. The average Bonchev–Trinajstić information content (AvgIpc) is 2.46. The molecule has 1 aliphatic rings. The summed E-state index contributed by atoms with van der Waals surface area (Å²) in [7, 11) is -2.84. The lowest BCUT2D eigenvalue weighted by Gasteiger charge is -2.25. The number of aliphatic hydroxyl groups is 1. The Balaban J connectivity index is 2.39. The summed E-state index contributed by atoms with van der Waals surface area (Å²) in [5, 5.41) is 12.5. The SMILES string of the molecule is CCCNC(CO)CN1CCCS(=O)(=O)CC1. The summed E-state index contributed by atoms with van der Waals surface area (Å²) < 4.78 is 22.9. The highest BCUT2D eigenvalue weighted by atomic mass is 32.2. The molecule has 0 aromatic rings. The molecule has 0 aromatic carbocycles. The van der Waals surface area contributed by atoms with Crippen LogP contribution in [0.2, 0.25) is 0 Å². The van der Waals surface area contributed by atoms with Crippen LogP contribution in [0.3, 0.4) is 0 Å². The lowest BCUT2D eigenvalue weighted by atomic mass is 10.2. The van der Waals surface area contributed by atoms with Gasteiger partial charge >= 0.3 is 0 Å². The Morgan fingerprint density at radius 3 is 2.76 bits per heavy atom. The molecule has 1 fully saturated rings. The molecule has 5 nitrogen and oxygen atoms in total. The lowest BCUT2D eigenvalue weighted by Crippen LogP contribution is -2.44. The Morgan fingerprint density at radius 2 is 2.12 bits per heavy atom. The average molecular weight is 264 g/mol. The highest BCUT2D eigenvalue weighted by Gasteiger charge is 2.20. The van der Waals surface area contributed by atoms with E-state index in [1.54, 1.807) is 0 Å². The second-order valence-electron chi connectivity index (χ2n) is 4.64. The fraction of sp³-hybridized carbons (Fsp3) is 1.00. The summed E-state index contributed by atoms with van der Waals surface area (Å²) in [6.45, 7) is 5.20. The number of rotatable bonds is 6. The van der Waals surface area contributed by atoms with Gasteiger partial charge in [-0.25, -0.2) is 8.42 Å². The topological polar surface area (TPSA) is 69.6 Å². The molecular weight excluding hydrogens is 240 g/mol. The van der Waals surface area contributed by atoms with Crippen LogP contribution in [0.4, 0.5) is 0 Å². The minimum absolute atomic E-state index is 0.0516. The molecule has 0 amide bonds. The van der Waals surface area contributed by atoms with Gasteiger partial charge in [-0.3, -0.25) is 0 Å². The second-order valence-corrected chi connectivity index (χ2v) is 6.94. The summed E-state index contributed by atoms with van der Waals surface area (Å²) in [5.41, 5.74) is 0. The van der Waals surface area contributed by atoms with Gasteiger partial charge in [0, 0.05) is 19.1 Å². The fourth-order valence-corrected chi connectivity index (χ4v) is 3.33. The van der Waals surface area contributed by atoms with Gasteiger partial charge in [-0.05, 0) is 25.9 Å². The first-order valence-electron chi connectivity index (χ1n) is 6.34. The molecule has 6 heteroatoms. The van der Waals surface area contributed by atoms with E-state index in [0.717, 1.165) is 26.1 Å². The molecule has 1 atom stereocenters. The third-order valence-electron chi connectivity index (χ3n) is 3.03. The number of nitrogens with zero attached hydrogens (tertiary/aromatic N) is 1. The number of aliphatic hydroxyl groups excluding tert-OH is 1. The van der Waals surface area contributed by atoms with Crippen molar-refractivity contribution in [3.63, 3.8) is 0 Å². The zero-order valence-corrected chi connectivity index (χ0v) is 11.4. The first-order valence-corrected chi connectivity index (χ1v) is 8.16. The van der Waals surface area contributed by atoms with Crippen molar-refractivity contribution in [2.24, 2.45) is 0 Å². The van der Waals surface area contributed by atoms with Gasteiger partial charge in [0.15, 0.2) is 9.84 Å². The number of sulfone groups is 1. The van der Waals surface area contributed by atoms with Crippen LogP contribution in [0.1, 0.15) is 19.8 Å². The van der Waals surface area contributed by atoms with Gasteiger partial charge < -0.3 is 15.3 Å². The molecule has 0 radical (unpaired) electrons. The minimum Gasteiger partial charge on any atom is -0.395 e. The summed E-state index contributed by atoms with van der Waals surface area (Å²) in [5.74, 6) is 0.550. The Hall–Kier alpha value is -0.170. The maximum absolute atomic E-state index is 11.5. The van der Waals surface area contributed by atoms with Crippen molar-refractivity contribution in [2.75, 3.05) is 44.3 Å². The van der Waals surface area contributed by atoms with Gasteiger partial charge in [-0.2, -0.15) is 0 Å². The highest BCUT2D eigenvalue weighted by Crippen LogP contribution is 2.05. The predicted octanol–water partition coefficient (Wildman–Crippen LogP) is -0.533. The predicted molar refractivity (Wildman–Crippen MR) is 68.9 cm³/mol. The summed E-state index contributed by atoms with van der Waals surface area (Å²) in [6, 6.07) is 0.0516. The van der Waals surface area contributed by atoms with E-state index in [1.165, 1.54) is 0 Å². The van der Waals surface area contributed by atoms with Gasteiger partial charge in [0.2, 0.25) is 0 Å². The van der Waals surface area contributed by atoms with Crippen LogP contribution in [0, 0.1) is 0 Å². The van der Waals surface area contributed by atoms with Gasteiger partial charge in [0.1, 0.15) is 0 Å². The summed E-state index contributed by atoms with van der Waals surface area (Å²) >= 11 is 0. The van der Waals surface area contributed by atoms with Crippen LogP contribution in [0.25, 0.3) is 0 Å². The van der Waals surface area contributed by atoms with Gasteiger partial charge in [-0.1, -0.05) is 6.92 Å². The first kappa shape index (κ1) is 14.9. The van der Waals surface area contributed by atoms with Crippen LogP contribution >= 0.6 is 0 Å². The van der Waals surface area contributed by atoms with E-state index in [-0.39, 0.29) is 18.4 Å². The van der Waals surface area contributed by atoms with Gasteiger partial charge in [0.25, 0.3) is 0 Å². The van der Waals surface area contributed by atoms with Crippen LogP contribution in [-0.2, 0) is 9.84 Å². The molecule has 0 aromatic heterocycles. The largest absolute Gasteiger partial charge is 0.395 e. The number of nitrogens with one attached hydrogen (secondary N) is 1. The molecule has 1 saturated heterocycles. The Kier molecular flexibility index (Phi) is 6.40. The van der Waals surface area contributed by atoms with Crippen molar-refractivity contribution < 1.29 is 13.5 Å². The lowest BCUT2D eigenvalue weighted by molar-refractivity contribution is 0.187. The molecular formula is C11H24N2O3S. The zero-order chi connectivity index (χ0) is 12.7. The third-order valence-corrected chi connectivity index (χ3v) is 4.75. The van der Waals surface area contributed by atoms with E-state index in [2.05, 4.69) is 17.1 Å². The molecule has 17 heavy (non-hydrogen) atoms. The molecule has 1 unspecified atom stereocenters. The normalized spacial score (nSPS) is 23.2. The molecule has 1 rings (SSSR count). The molecule has 0 aliphatic carbocycles. The first-order chi connectivity index (χ1) is 8.07. The van der Waals surface area contributed by atoms with Crippen LogP contribution in [0.5, 0.6) is 0 Å². The Morgan fingerprint density at radius 1 is 1.35 bits per heavy atom. The fourth-order valence-electron chi connectivity index (χ4n) is 2.02. The van der Waals surface area contributed by atoms with Gasteiger partial charge in [0.05, 0.1) is 18.1 Å². The maximum Gasteiger partial charge on any atom is 0.151 e. The van der Waals surface area contributed by atoms with E-state index < -0.39 is 9.84 Å². The van der Waals surface area contributed by atoms with E-state index in [0.29, 0.717) is 18.7 Å². The summed E-state index contributed by atoms with van der Waals surface area (Å²) in [6.07, 6.45) is 1.74. The quantitative estimate of drug-likeness (QED) is 0.675. The van der Waals surface area contributed by atoms with Crippen molar-refractivity contribution in [1.29, 1.82) is 0 Å². The third kappa shape index (κ3) is 5.81. The zero-order valence-electron chi connectivity index (χ0n) is 10.6. The number of hydrogen-bond acceptors (Lipinski definition) is 5. The molecule has 0 saturated carbocycles. The van der Waals surface area contributed by atoms with Crippen LogP contribution in [-0.4, -0.2) is 68.8 Å². The smallest absolute Gasteiger partial charge is 0.151 e. The van der Waals surface area contributed by atoms with E-state index in [1.807, 2.05) is 0 Å². The maximum atomic E-state index is 11.5. The Labute approximate surface area is 104 Å². The van der Waals surface area contributed by atoms with Crippen molar-refractivity contribution in [2.45, 2.75) is 25.8 Å². The monoisotopic (exact) mass is 264 g/mol. The minimum atomic E-state index is -2.84. The molecule has 1 heterocycles. The Bertz CT molecular complexity index is 306. The summed E-state index contributed by atoms with van der Waals surface area (Å²) in [4.78, 5) is 2.13. The molecule has 2 N–H and O–H groups in total. The van der Waals surface area contributed by atoms with Crippen molar-refractivity contribution in [3.05, 3.63) is 0 Å². The van der Waals surface area contributed by atoms with Crippen molar-refractivity contribution in [3.8, 4) is 0 Å². The van der Waals surface area contributed by atoms with Crippen LogP contribution in [0.15, 0.2) is 0 Å².